The quantitative estimate of drug-likeness (QED) is 0.444. The first-order valence-electron chi connectivity index (χ1n) is 4.48. The molecule has 4 rings (SSSR count). The van der Waals surface area contributed by atoms with Crippen molar-refractivity contribution in [3.05, 3.63) is 11.6 Å². The molecule has 0 aliphatic heterocycles. The predicted molar refractivity (Wildman–Crippen MR) is 39.5 cm³/mol. The molecule has 4 unspecified atom stereocenters. The topological polar surface area (TPSA) is 0 Å². The average Bonchev–Trinajstić information content (AvgIpc) is 2.50. The van der Waals surface area contributed by atoms with Crippen LogP contribution >= 0.6 is 0 Å². The van der Waals surface area contributed by atoms with E-state index in [1.807, 2.05) is 5.57 Å². The fourth-order valence-electron chi connectivity index (χ4n) is 4.25. The molecule has 4 atom stereocenters. The lowest BCUT2D eigenvalue weighted by Gasteiger charge is -2.07. The van der Waals surface area contributed by atoms with Gasteiger partial charge in [-0.15, -0.1) is 0 Å². The molecule has 0 nitrogen and oxygen atoms in total. The smallest absolute Gasteiger partial charge is 0.00391 e. The Morgan fingerprint density at radius 1 is 1.50 bits per heavy atom. The van der Waals surface area contributed by atoms with Crippen LogP contribution in [0.3, 0.4) is 0 Å². The number of allylic oxidation sites excluding steroid dienone is 2. The van der Waals surface area contributed by atoms with Gasteiger partial charge in [0.25, 0.3) is 0 Å². The molecule has 0 heteroatoms. The van der Waals surface area contributed by atoms with Gasteiger partial charge >= 0.3 is 0 Å². The van der Waals surface area contributed by atoms with E-state index in [1.165, 1.54) is 6.42 Å². The molecule has 4 aliphatic carbocycles. The summed E-state index contributed by atoms with van der Waals surface area (Å²) in [6.45, 7) is 2.48. The van der Waals surface area contributed by atoms with Crippen molar-refractivity contribution in [2.75, 3.05) is 0 Å². The zero-order valence-electron chi connectivity index (χ0n) is 6.35. The summed E-state index contributed by atoms with van der Waals surface area (Å²) in [5.41, 5.74) is 3.48. The predicted octanol–water partition coefficient (Wildman–Crippen LogP) is 2.36. The lowest BCUT2D eigenvalue weighted by atomic mass is 9.96. The van der Waals surface area contributed by atoms with Gasteiger partial charge in [0.05, 0.1) is 0 Å². The van der Waals surface area contributed by atoms with Crippen LogP contribution in [0.15, 0.2) is 11.6 Å². The SMILES string of the molecule is CC12CC3CC34CC=C1C24. The lowest BCUT2D eigenvalue weighted by Crippen LogP contribution is -2.01. The molecule has 0 aromatic rings. The van der Waals surface area contributed by atoms with Crippen molar-refractivity contribution < 1.29 is 0 Å². The molecule has 0 aromatic heterocycles. The number of fused-ring (bicyclic) bond motifs is 1. The Hall–Kier alpha value is -0.260. The second-order valence-electron chi connectivity index (χ2n) is 5.05. The van der Waals surface area contributed by atoms with E-state index in [-0.39, 0.29) is 0 Å². The normalized spacial score (nSPS) is 72.7. The van der Waals surface area contributed by atoms with Crippen molar-refractivity contribution in [2.24, 2.45) is 22.7 Å². The molecule has 52 valence electrons. The number of rotatable bonds is 0. The van der Waals surface area contributed by atoms with Gasteiger partial charge in [0, 0.05) is 0 Å². The molecule has 10 heavy (non-hydrogen) atoms. The molecule has 0 radical (unpaired) electrons. The van der Waals surface area contributed by atoms with E-state index in [1.54, 1.807) is 12.8 Å². The molecule has 3 saturated carbocycles. The van der Waals surface area contributed by atoms with E-state index >= 15 is 0 Å². The fourth-order valence-corrected chi connectivity index (χ4v) is 4.25. The third-order valence-electron chi connectivity index (χ3n) is 4.75. The first-order chi connectivity index (χ1) is 4.77. The summed E-state index contributed by atoms with van der Waals surface area (Å²) in [6.07, 6.45) is 7.13. The van der Waals surface area contributed by atoms with Crippen LogP contribution in [0.5, 0.6) is 0 Å². The van der Waals surface area contributed by atoms with Gasteiger partial charge in [-0.3, -0.25) is 0 Å². The van der Waals surface area contributed by atoms with Crippen LogP contribution in [0, 0.1) is 22.7 Å². The van der Waals surface area contributed by atoms with E-state index in [0.717, 1.165) is 22.7 Å². The van der Waals surface area contributed by atoms with Gasteiger partial charge in [0.15, 0.2) is 0 Å². The van der Waals surface area contributed by atoms with E-state index in [9.17, 15) is 0 Å². The van der Waals surface area contributed by atoms with Gasteiger partial charge in [-0.25, -0.2) is 0 Å². The summed E-state index contributed by atoms with van der Waals surface area (Å²) in [6, 6.07) is 0. The summed E-state index contributed by atoms with van der Waals surface area (Å²) in [5.74, 6) is 2.25. The van der Waals surface area contributed by atoms with Gasteiger partial charge in [-0.05, 0) is 41.9 Å². The molecule has 0 aromatic carbocycles. The van der Waals surface area contributed by atoms with Crippen molar-refractivity contribution in [3.63, 3.8) is 0 Å². The summed E-state index contributed by atoms with van der Waals surface area (Å²) >= 11 is 0. The Kier molecular flexibility index (Phi) is 0.392. The zero-order valence-corrected chi connectivity index (χ0v) is 6.35. The van der Waals surface area contributed by atoms with Crippen LogP contribution < -0.4 is 0 Å². The second-order valence-corrected chi connectivity index (χ2v) is 5.05. The van der Waals surface area contributed by atoms with Gasteiger partial charge in [-0.2, -0.15) is 0 Å². The third kappa shape index (κ3) is 0.223. The summed E-state index contributed by atoms with van der Waals surface area (Å²) in [4.78, 5) is 0. The van der Waals surface area contributed by atoms with E-state index in [4.69, 9.17) is 0 Å². The summed E-state index contributed by atoms with van der Waals surface area (Å²) in [5, 5.41) is 0. The van der Waals surface area contributed by atoms with Crippen molar-refractivity contribution in [1.82, 2.24) is 0 Å². The van der Waals surface area contributed by atoms with Crippen LogP contribution in [0.4, 0.5) is 0 Å². The molecule has 0 amide bonds. The maximum atomic E-state index is 2.55. The van der Waals surface area contributed by atoms with Crippen molar-refractivity contribution in [1.29, 1.82) is 0 Å². The highest BCUT2D eigenvalue weighted by Gasteiger charge is 2.81. The lowest BCUT2D eigenvalue weighted by molar-refractivity contribution is 0.425. The van der Waals surface area contributed by atoms with Gasteiger partial charge in [0.1, 0.15) is 0 Å². The minimum atomic E-state index is 0.751. The third-order valence-corrected chi connectivity index (χ3v) is 4.75. The monoisotopic (exact) mass is 132 g/mol. The molecule has 0 saturated heterocycles. The molecular formula is C10H12. The number of hydrogen-bond donors (Lipinski definition) is 0. The number of hydrogen-bond acceptors (Lipinski definition) is 0. The Bertz CT molecular complexity index is 276. The van der Waals surface area contributed by atoms with E-state index in [2.05, 4.69) is 13.0 Å². The molecular weight excluding hydrogens is 120 g/mol. The standard InChI is InChI=1S/C10H12/c1-9-4-6-5-10(6)3-2-7(9)8(9)10/h2,6,8H,3-5H2,1H3. The molecule has 3 fully saturated rings. The fraction of sp³-hybridized carbons (Fsp3) is 0.800. The molecule has 0 N–H and O–H groups in total. The van der Waals surface area contributed by atoms with Crippen LogP contribution in [0.1, 0.15) is 26.2 Å². The van der Waals surface area contributed by atoms with Crippen LogP contribution in [-0.2, 0) is 0 Å². The van der Waals surface area contributed by atoms with Crippen LogP contribution in [0.25, 0.3) is 0 Å². The molecule has 0 bridgehead atoms. The average molecular weight is 132 g/mol. The molecule has 0 heterocycles. The largest absolute Gasteiger partial charge is 0.0838 e. The minimum absolute atomic E-state index is 0.751. The maximum Gasteiger partial charge on any atom is -0.00391 e. The molecule has 4 aliphatic rings. The van der Waals surface area contributed by atoms with Crippen molar-refractivity contribution in [2.45, 2.75) is 26.2 Å². The van der Waals surface area contributed by atoms with Gasteiger partial charge in [-0.1, -0.05) is 18.6 Å². The highest BCUT2D eigenvalue weighted by molar-refractivity contribution is 5.52. The Morgan fingerprint density at radius 3 is 3.10 bits per heavy atom. The Morgan fingerprint density at radius 2 is 2.40 bits per heavy atom. The van der Waals surface area contributed by atoms with Gasteiger partial charge < -0.3 is 0 Å². The highest BCUT2D eigenvalue weighted by atomic mass is 14.9. The highest BCUT2D eigenvalue weighted by Crippen LogP contribution is 2.89. The first-order valence-corrected chi connectivity index (χ1v) is 4.48. The Labute approximate surface area is 61.3 Å². The second kappa shape index (κ2) is 0.855. The van der Waals surface area contributed by atoms with E-state index < -0.39 is 0 Å². The van der Waals surface area contributed by atoms with Crippen molar-refractivity contribution in [3.8, 4) is 0 Å². The summed E-state index contributed by atoms with van der Waals surface area (Å²) in [7, 11) is 0. The molecule has 1 spiro atoms. The minimum Gasteiger partial charge on any atom is -0.0838 e. The van der Waals surface area contributed by atoms with Gasteiger partial charge in [0.2, 0.25) is 0 Å². The van der Waals surface area contributed by atoms with Crippen molar-refractivity contribution >= 4 is 0 Å². The van der Waals surface area contributed by atoms with E-state index in [0.29, 0.717) is 0 Å². The first kappa shape index (κ1) is 4.58. The summed E-state index contributed by atoms with van der Waals surface area (Å²) < 4.78 is 0. The Balaban J connectivity index is 2.03. The maximum absolute atomic E-state index is 2.55. The zero-order chi connectivity index (χ0) is 6.56. The van der Waals surface area contributed by atoms with Crippen LogP contribution in [-0.4, -0.2) is 0 Å². The van der Waals surface area contributed by atoms with Crippen LogP contribution in [0.2, 0.25) is 0 Å².